The average molecular weight is 585 g/mol. The lowest BCUT2D eigenvalue weighted by molar-refractivity contribution is -0.154. The molecule has 0 saturated carbocycles. The van der Waals surface area contributed by atoms with Crippen molar-refractivity contribution >= 4 is 21.7 Å². The Morgan fingerprint density at radius 2 is 1.93 bits per heavy atom. The molecule has 1 aliphatic rings. The van der Waals surface area contributed by atoms with Gasteiger partial charge in [0.2, 0.25) is 5.88 Å². The SMILES string of the molecule is CN=[S@@]1(=O)C[C@@](C)(c2cc(-c3cc(-c4cnc(OCC(F)(F)F)cn4)no3)ccc2F)N=C(NC(=O)O)C1(C)C. The molecule has 3 aromatic rings. The van der Waals surface area contributed by atoms with Crippen LogP contribution in [0.25, 0.3) is 22.7 Å². The molecule has 0 radical (unpaired) electrons. The van der Waals surface area contributed by atoms with E-state index in [1.807, 2.05) is 0 Å². The highest BCUT2D eigenvalue weighted by molar-refractivity contribution is 7.95. The summed E-state index contributed by atoms with van der Waals surface area (Å²) >= 11 is 0. The zero-order valence-corrected chi connectivity index (χ0v) is 22.4. The predicted molar refractivity (Wildman–Crippen MR) is 136 cm³/mol. The number of halogens is 4. The Morgan fingerprint density at radius 1 is 1.20 bits per heavy atom. The Balaban J connectivity index is 1.69. The number of nitrogens with one attached hydrogen (secondary N) is 1. The molecule has 0 saturated heterocycles. The van der Waals surface area contributed by atoms with Crippen LogP contribution >= 0.6 is 0 Å². The highest BCUT2D eigenvalue weighted by atomic mass is 32.2. The van der Waals surface area contributed by atoms with Crippen LogP contribution in [-0.2, 0) is 15.3 Å². The van der Waals surface area contributed by atoms with E-state index < -0.39 is 44.7 Å². The summed E-state index contributed by atoms with van der Waals surface area (Å²) in [5.41, 5.74) is -0.714. The molecule has 16 heteroatoms. The Labute approximate surface area is 225 Å². The fraction of sp³-hybridized carbons (Fsp3) is 0.375. The van der Waals surface area contributed by atoms with Crippen molar-refractivity contribution in [2.45, 2.75) is 37.2 Å². The van der Waals surface area contributed by atoms with E-state index >= 15 is 4.39 Å². The Hall–Kier alpha value is -4.08. The lowest BCUT2D eigenvalue weighted by atomic mass is 9.91. The van der Waals surface area contributed by atoms with E-state index in [0.717, 1.165) is 18.5 Å². The number of rotatable bonds is 5. The van der Waals surface area contributed by atoms with E-state index in [9.17, 15) is 27.3 Å². The first-order chi connectivity index (χ1) is 18.6. The molecular formula is C24H24F4N6O5S. The molecule has 40 heavy (non-hydrogen) atoms. The zero-order valence-electron chi connectivity index (χ0n) is 21.6. The topological polar surface area (TPSA) is 152 Å². The summed E-state index contributed by atoms with van der Waals surface area (Å²) in [5.74, 6) is -1.12. The first kappa shape index (κ1) is 28.9. The van der Waals surface area contributed by atoms with Gasteiger partial charge in [0.1, 0.15) is 33.3 Å². The second kappa shape index (κ2) is 10.1. The quantitative estimate of drug-likeness (QED) is 0.411. The summed E-state index contributed by atoms with van der Waals surface area (Å²) in [5, 5.41) is 15.4. The third kappa shape index (κ3) is 5.61. The summed E-state index contributed by atoms with van der Waals surface area (Å²) in [4.78, 5) is 23.7. The van der Waals surface area contributed by atoms with Gasteiger partial charge in [0.05, 0.1) is 27.9 Å². The molecule has 214 valence electrons. The van der Waals surface area contributed by atoms with Gasteiger partial charge in [-0.1, -0.05) is 5.16 Å². The van der Waals surface area contributed by atoms with E-state index in [1.165, 1.54) is 32.2 Å². The number of hydrogen-bond donors (Lipinski definition) is 2. The molecule has 1 aliphatic heterocycles. The van der Waals surface area contributed by atoms with E-state index in [4.69, 9.17) is 4.52 Å². The van der Waals surface area contributed by atoms with Crippen LogP contribution in [0, 0.1) is 5.82 Å². The van der Waals surface area contributed by atoms with Gasteiger partial charge in [-0.05, 0) is 39.0 Å². The number of amides is 1. The molecular weight excluding hydrogens is 560 g/mol. The van der Waals surface area contributed by atoms with E-state index in [2.05, 4.69) is 34.5 Å². The molecule has 0 aliphatic carbocycles. The van der Waals surface area contributed by atoms with Crippen molar-refractivity contribution in [3.05, 3.63) is 48.0 Å². The number of ether oxygens (including phenoxy) is 1. The fourth-order valence-electron chi connectivity index (χ4n) is 4.14. The molecule has 0 spiro atoms. The van der Waals surface area contributed by atoms with Gasteiger partial charge in [0.25, 0.3) is 0 Å². The number of aliphatic imine (C=N–C) groups is 1. The average Bonchev–Trinajstić information content (AvgIpc) is 3.36. The third-order valence-corrected chi connectivity index (χ3v) is 9.67. The highest BCUT2D eigenvalue weighted by Gasteiger charge is 2.49. The van der Waals surface area contributed by atoms with Crippen LogP contribution in [0.1, 0.15) is 26.3 Å². The Bertz CT molecular complexity index is 1600. The van der Waals surface area contributed by atoms with Crippen LogP contribution in [0.15, 0.2) is 50.5 Å². The first-order valence-corrected chi connectivity index (χ1v) is 13.3. The van der Waals surface area contributed by atoms with Gasteiger partial charge in [0, 0.05) is 24.2 Å². The smallest absolute Gasteiger partial charge is 0.422 e. The van der Waals surface area contributed by atoms with Crippen LogP contribution in [0.3, 0.4) is 0 Å². The number of alkyl halides is 3. The monoisotopic (exact) mass is 584 g/mol. The normalized spacial score (nSPS) is 22.4. The molecule has 0 fully saturated rings. The lowest BCUT2D eigenvalue weighted by Crippen LogP contribution is -2.57. The maximum atomic E-state index is 15.2. The number of carbonyl (C=O) groups is 1. The summed E-state index contributed by atoms with van der Waals surface area (Å²) in [6.07, 6.45) is -3.78. The standard InChI is InChI=1S/C24H24F4N6O5S/c1-22(2)20(32-21(35)36)33-23(3,12-40(22,37)29-4)14-7-13(5-6-15(14)25)18-8-16(34-39-18)17-9-31-19(10-30-17)38-11-24(26,27)28/h5-10H,11-12H2,1-4H3,(H,32,33)(H,35,36)/t23-,40+/m0/s1. The van der Waals surface area contributed by atoms with Crippen molar-refractivity contribution in [3.8, 4) is 28.6 Å². The van der Waals surface area contributed by atoms with Gasteiger partial charge in [-0.2, -0.15) is 13.2 Å². The second-order valence-corrected chi connectivity index (χ2v) is 12.5. The number of carboxylic acid groups (broad SMARTS) is 1. The number of benzene rings is 1. The molecule has 2 atom stereocenters. The van der Waals surface area contributed by atoms with Crippen molar-refractivity contribution in [1.82, 2.24) is 20.4 Å². The number of hydrogen-bond acceptors (Lipinski definition) is 9. The number of amidine groups is 1. The van der Waals surface area contributed by atoms with Gasteiger partial charge in [-0.3, -0.25) is 10.3 Å². The maximum Gasteiger partial charge on any atom is 0.422 e. The van der Waals surface area contributed by atoms with E-state index in [1.54, 1.807) is 13.8 Å². The number of nitrogens with zero attached hydrogens (tertiary/aromatic N) is 5. The lowest BCUT2D eigenvalue weighted by Gasteiger charge is -2.41. The van der Waals surface area contributed by atoms with Crippen LogP contribution in [0.5, 0.6) is 5.88 Å². The van der Waals surface area contributed by atoms with Gasteiger partial charge < -0.3 is 14.4 Å². The Morgan fingerprint density at radius 3 is 2.52 bits per heavy atom. The van der Waals surface area contributed by atoms with Crippen LogP contribution in [-0.4, -0.2) is 66.7 Å². The molecule has 0 unspecified atom stereocenters. The molecule has 11 nitrogen and oxygen atoms in total. The summed E-state index contributed by atoms with van der Waals surface area (Å²) in [7, 11) is -1.76. The molecule has 4 rings (SSSR count). The van der Waals surface area contributed by atoms with E-state index in [-0.39, 0.29) is 40.2 Å². The zero-order chi connectivity index (χ0) is 29.5. The van der Waals surface area contributed by atoms with Crippen molar-refractivity contribution in [2.75, 3.05) is 19.4 Å². The molecule has 3 heterocycles. The van der Waals surface area contributed by atoms with Crippen molar-refractivity contribution in [3.63, 3.8) is 0 Å². The van der Waals surface area contributed by atoms with Crippen LogP contribution in [0.4, 0.5) is 22.4 Å². The minimum atomic E-state index is -4.53. The fourth-order valence-corrected chi connectivity index (χ4v) is 6.47. The molecule has 1 amide bonds. The van der Waals surface area contributed by atoms with Gasteiger partial charge >= 0.3 is 12.3 Å². The maximum absolute atomic E-state index is 15.2. The summed E-state index contributed by atoms with van der Waals surface area (Å²) in [6.45, 7) is 3.12. The number of aromatic nitrogens is 3. The minimum absolute atomic E-state index is 0.0190. The first-order valence-electron chi connectivity index (χ1n) is 11.6. The predicted octanol–water partition coefficient (Wildman–Crippen LogP) is 4.65. The van der Waals surface area contributed by atoms with Crippen molar-refractivity contribution < 1.29 is 40.9 Å². The Kier molecular flexibility index (Phi) is 7.34. The largest absolute Gasteiger partial charge is 0.467 e. The summed E-state index contributed by atoms with van der Waals surface area (Å²) in [6, 6.07) is 5.47. The molecule has 2 aromatic heterocycles. The van der Waals surface area contributed by atoms with Gasteiger partial charge in [-0.25, -0.2) is 27.7 Å². The van der Waals surface area contributed by atoms with Gasteiger partial charge in [0.15, 0.2) is 12.4 Å². The van der Waals surface area contributed by atoms with Crippen LogP contribution in [0.2, 0.25) is 0 Å². The highest BCUT2D eigenvalue weighted by Crippen LogP contribution is 2.40. The van der Waals surface area contributed by atoms with Crippen LogP contribution < -0.4 is 10.1 Å². The van der Waals surface area contributed by atoms with E-state index in [0.29, 0.717) is 5.56 Å². The van der Waals surface area contributed by atoms with Crippen molar-refractivity contribution in [2.24, 2.45) is 9.36 Å². The summed E-state index contributed by atoms with van der Waals surface area (Å²) < 4.78 is 78.8. The molecule has 0 bridgehead atoms. The van der Waals surface area contributed by atoms with Gasteiger partial charge in [-0.15, -0.1) is 0 Å². The third-order valence-electron chi connectivity index (χ3n) is 6.34. The van der Waals surface area contributed by atoms with Crippen molar-refractivity contribution in [1.29, 1.82) is 0 Å². The molecule has 1 aromatic carbocycles. The minimum Gasteiger partial charge on any atom is -0.467 e. The second-order valence-electron chi connectivity index (χ2n) is 9.56. The molecule has 2 N–H and O–H groups in total.